The molecular weight excluding hydrogens is 315 g/mol. The lowest BCUT2D eigenvalue weighted by molar-refractivity contribution is -0.112. The van der Waals surface area contributed by atoms with Gasteiger partial charge in [0.25, 0.3) is 0 Å². The van der Waals surface area contributed by atoms with E-state index in [2.05, 4.69) is 9.88 Å². The number of carbonyl (C=O) groups is 1. The molecule has 1 saturated heterocycles. The number of nitrogens with one attached hydrogen (secondary N) is 1. The van der Waals surface area contributed by atoms with Crippen molar-refractivity contribution in [3.8, 4) is 0 Å². The number of H-pyrrole nitrogens is 1. The number of carbonyl (C=O) groups excluding carboxylic acids is 1. The third kappa shape index (κ3) is 3.50. The first kappa shape index (κ1) is 16.8. The number of piperidine rings is 1. The van der Waals surface area contributed by atoms with Crippen LogP contribution in [0.5, 0.6) is 0 Å². The number of likely N-dealkylation sites (tertiary alicyclic amines) is 1. The minimum Gasteiger partial charge on any atom is -0.361 e. The average Bonchev–Trinajstić information content (AvgIpc) is 3.03. The first-order chi connectivity index (χ1) is 12.2. The van der Waals surface area contributed by atoms with Crippen molar-refractivity contribution in [1.82, 2.24) is 9.88 Å². The van der Waals surface area contributed by atoms with Gasteiger partial charge in [-0.2, -0.15) is 0 Å². The molecule has 1 N–H and O–H groups in total. The Kier molecular flexibility index (Phi) is 4.89. The first-order valence-corrected chi connectivity index (χ1v) is 9.69. The molecule has 1 saturated carbocycles. The van der Waals surface area contributed by atoms with Crippen molar-refractivity contribution in [3.05, 3.63) is 35.8 Å². The van der Waals surface area contributed by atoms with Crippen molar-refractivity contribution < 1.29 is 9.18 Å². The maximum atomic E-state index is 13.6. The Morgan fingerprint density at radius 2 is 2.08 bits per heavy atom. The lowest BCUT2D eigenvalue weighted by Gasteiger charge is -2.45. The largest absolute Gasteiger partial charge is 0.361 e. The van der Waals surface area contributed by atoms with Crippen LogP contribution in [-0.2, 0) is 11.2 Å². The van der Waals surface area contributed by atoms with Crippen LogP contribution >= 0.6 is 0 Å². The third-order valence-electron chi connectivity index (χ3n) is 6.23. The quantitative estimate of drug-likeness (QED) is 0.822. The fourth-order valence-electron chi connectivity index (χ4n) is 5.01. The number of aldehydes is 1. The monoisotopic (exact) mass is 342 g/mol. The third-order valence-corrected chi connectivity index (χ3v) is 6.23. The van der Waals surface area contributed by atoms with Gasteiger partial charge in [0.1, 0.15) is 12.1 Å². The maximum Gasteiger partial charge on any atom is 0.124 e. The summed E-state index contributed by atoms with van der Waals surface area (Å²) >= 11 is 0. The van der Waals surface area contributed by atoms with Crippen molar-refractivity contribution in [3.63, 3.8) is 0 Å². The van der Waals surface area contributed by atoms with Gasteiger partial charge in [-0.1, -0.05) is 12.8 Å². The number of benzene rings is 1. The van der Waals surface area contributed by atoms with Gasteiger partial charge < -0.3 is 9.78 Å². The summed E-state index contributed by atoms with van der Waals surface area (Å²) in [6, 6.07) is 5.48. The zero-order valence-corrected chi connectivity index (χ0v) is 14.7. The number of fused-ring (bicyclic) bond motifs is 2. The molecule has 0 spiro atoms. The Balaban J connectivity index is 1.48. The second kappa shape index (κ2) is 7.28. The van der Waals surface area contributed by atoms with Crippen molar-refractivity contribution in [2.75, 3.05) is 13.1 Å². The smallest absolute Gasteiger partial charge is 0.124 e. The van der Waals surface area contributed by atoms with E-state index in [0.717, 1.165) is 41.8 Å². The number of hydrogen-bond donors (Lipinski definition) is 1. The van der Waals surface area contributed by atoms with Crippen LogP contribution in [0.25, 0.3) is 10.9 Å². The van der Waals surface area contributed by atoms with Gasteiger partial charge in [-0.25, -0.2) is 4.39 Å². The van der Waals surface area contributed by atoms with Crippen LogP contribution in [0.1, 0.15) is 44.1 Å². The molecule has 1 aromatic heterocycles. The molecule has 2 aliphatic rings. The topological polar surface area (TPSA) is 36.1 Å². The Morgan fingerprint density at radius 1 is 1.24 bits per heavy atom. The molecule has 25 heavy (non-hydrogen) atoms. The summed E-state index contributed by atoms with van der Waals surface area (Å²) in [6.45, 7) is 1.96. The van der Waals surface area contributed by atoms with Crippen molar-refractivity contribution in [2.24, 2.45) is 11.8 Å². The van der Waals surface area contributed by atoms with E-state index in [1.54, 1.807) is 12.1 Å². The molecule has 134 valence electrons. The Labute approximate surface area is 148 Å². The van der Waals surface area contributed by atoms with Crippen LogP contribution in [-0.4, -0.2) is 35.3 Å². The van der Waals surface area contributed by atoms with Crippen LogP contribution in [0.4, 0.5) is 4.39 Å². The molecule has 0 amide bonds. The molecule has 1 aromatic carbocycles. The Bertz CT molecular complexity index is 739. The van der Waals surface area contributed by atoms with Gasteiger partial charge in [0, 0.05) is 35.6 Å². The molecule has 1 aliphatic heterocycles. The summed E-state index contributed by atoms with van der Waals surface area (Å²) in [5.74, 6) is 0.581. The molecule has 4 rings (SSSR count). The van der Waals surface area contributed by atoms with E-state index in [1.807, 2.05) is 6.20 Å². The van der Waals surface area contributed by atoms with Gasteiger partial charge in [-0.15, -0.1) is 0 Å². The number of aromatic nitrogens is 1. The second-order valence-electron chi connectivity index (χ2n) is 7.85. The van der Waals surface area contributed by atoms with Gasteiger partial charge in [0.15, 0.2) is 0 Å². The van der Waals surface area contributed by atoms with Crippen LogP contribution in [0.2, 0.25) is 0 Å². The highest BCUT2D eigenvalue weighted by Gasteiger charge is 2.34. The van der Waals surface area contributed by atoms with E-state index < -0.39 is 0 Å². The Morgan fingerprint density at radius 3 is 2.96 bits per heavy atom. The molecule has 4 heteroatoms. The molecule has 2 aromatic rings. The number of hydrogen-bond acceptors (Lipinski definition) is 2. The molecule has 2 fully saturated rings. The van der Waals surface area contributed by atoms with Crippen LogP contribution in [0.3, 0.4) is 0 Å². The van der Waals surface area contributed by atoms with Gasteiger partial charge >= 0.3 is 0 Å². The zero-order valence-electron chi connectivity index (χ0n) is 14.7. The first-order valence-electron chi connectivity index (χ1n) is 9.69. The highest BCUT2D eigenvalue weighted by Crippen LogP contribution is 2.35. The fraction of sp³-hybridized carbons (Fsp3) is 0.571. The van der Waals surface area contributed by atoms with E-state index in [0.29, 0.717) is 12.5 Å². The van der Waals surface area contributed by atoms with E-state index in [4.69, 9.17) is 0 Å². The number of aromatic amines is 1. The van der Waals surface area contributed by atoms with E-state index in [9.17, 15) is 9.18 Å². The summed E-state index contributed by atoms with van der Waals surface area (Å²) in [5, 5.41) is 0.904. The van der Waals surface area contributed by atoms with Gasteiger partial charge in [0.2, 0.25) is 0 Å². The molecule has 1 aliphatic carbocycles. The van der Waals surface area contributed by atoms with Crippen LogP contribution < -0.4 is 0 Å². The standard InChI is InChI=1S/C21H27FN2O/c22-18-7-8-20-19(11-18)17(12-23-20)10-15(14-25)13-24-9-3-5-16-4-1-2-6-21(16)24/h7-8,11-12,14-16,21,23H,1-6,9-10,13H2. The molecule has 3 unspecified atom stereocenters. The normalized spacial score (nSPS) is 25.6. The predicted octanol–water partition coefficient (Wildman–Crippen LogP) is 4.32. The van der Waals surface area contributed by atoms with E-state index in [-0.39, 0.29) is 11.7 Å². The zero-order chi connectivity index (χ0) is 17.2. The Hall–Kier alpha value is -1.68. The highest BCUT2D eigenvalue weighted by molar-refractivity contribution is 5.83. The van der Waals surface area contributed by atoms with Crippen LogP contribution in [0, 0.1) is 17.7 Å². The molecule has 2 heterocycles. The number of nitrogens with zero attached hydrogens (tertiary/aromatic N) is 1. The van der Waals surface area contributed by atoms with Gasteiger partial charge in [-0.05, 0) is 68.3 Å². The van der Waals surface area contributed by atoms with E-state index in [1.165, 1.54) is 44.6 Å². The summed E-state index contributed by atoms with van der Waals surface area (Å²) in [4.78, 5) is 17.5. The molecule has 3 nitrogen and oxygen atoms in total. The lowest BCUT2D eigenvalue weighted by atomic mass is 9.78. The van der Waals surface area contributed by atoms with Crippen molar-refractivity contribution in [1.29, 1.82) is 0 Å². The maximum absolute atomic E-state index is 13.6. The minimum absolute atomic E-state index is 0.0251. The average molecular weight is 342 g/mol. The fourth-order valence-corrected chi connectivity index (χ4v) is 5.01. The summed E-state index contributed by atoms with van der Waals surface area (Å²) in [5.41, 5.74) is 1.98. The predicted molar refractivity (Wildman–Crippen MR) is 98.1 cm³/mol. The molecule has 0 radical (unpaired) electrons. The van der Waals surface area contributed by atoms with Crippen molar-refractivity contribution in [2.45, 2.75) is 51.0 Å². The molecular formula is C21H27FN2O. The number of rotatable bonds is 5. The highest BCUT2D eigenvalue weighted by atomic mass is 19.1. The number of halogens is 1. The minimum atomic E-state index is -0.225. The summed E-state index contributed by atoms with van der Waals surface area (Å²) < 4.78 is 13.6. The summed E-state index contributed by atoms with van der Waals surface area (Å²) in [7, 11) is 0. The molecule has 0 bridgehead atoms. The van der Waals surface area contributed by atoms with Gasteiger partial charge in [0.05, 0.1) is 0 Å². The summed E-state index contributed by atoms with van der Waals surface area (Å²) in [6.07, 6.45) is 11.7. The second-order valence-corrected chi connectivity index (χ2v) is 7.85. The van der Waals surface area contributed by atoms with E-state index >= 15 is 0 Å². The van der Waals surface area contributed by atoms with Crippen molar-refractivity contribution >= 4 is 17.2 Å². The van der Waals surface area contributed by atoms with Crippen LogP contribution in [0.15, 0.2) is 24.4 Å². The molecule has 3 atom stereocenters. The lowest BCUT2D eigenvalue weighted by Crippen LogP contribution is -2.48. The SMILES string of the molecule is O=CC(Cc1c[nH]c2ccc(F)cc12)CN1CCCC2CCCCC21. The van der Waals surface area contributed by atoms with Gasteiger partial charge in [-0.3, -0.25) is 4.90 Å².